The summed E-state index contributed by atoms with van der Waals surface area (Å²) in [5, 5.41) is 5.88. The summed E-state index contributed by atoms with van der Waals surface area (Å²) in [5.74, 6) is 0.107. The standard InChI is InChI=1S/C13H16FN5/c1-3-15-13-18-7-10(14)12(19-13)17-8-11-9(2)5-4-6-16-11/h4-7H,3,8H2,1-2H3,(H2,15,17,18,19). The van der Waals surface area contributed by atoms with Crippen LogP contribution in [-0.2, 0) is 6.54 Å². The van der Waals surface area contributed by atoms with Crippen molar-refractivity contribution in [1.29, 1.82) is 0 Å². The molecule has 2 heterocycles. The third kappa shape index (κ3) is 3.37. The topological polar surface area (TPSA) is 62.7 Å². The maximum Gasteiger partial charge on any atom is 0.224 e. The molecule has 0 bridgehead atoms. The van der Waals surface area contributed by atoms with E-state index in [1.54, 1.807) is 6.20 Å². The van der Waals surface area contributed by atoms with Crippen molar-refractivity contribution in [1.82, 2.24) is 15.0 Å². The number of hydrogen-bond acceptors (Lipinski definition) is 5. The summed E-state index contributed by atoms with van der Waals surface area (Å²) in [6, 6.07) is 3.83. The SMILES string of the molecule is CCNc1ncc(F)c(NCc2ncccc2C)n1. The van der Waals surface area contributed by atoms with E-state index < -0.39 is 5.82 Å². The normalized spacial score (nSPS) is 10.3. The number of nitrogens with zero attached hydrogens (tertiary/aromatic N) is 3. The molecule has 0 radical (unpaired) electrons. The Morgan fingerprint density at radius 2 is 2.11 bits per heavy atom. The second kappa shape index (κ2) is 6.08. The van der Waals surface area contributed by atoms with Gasteiger partial charge in [0.1, 0.15) is 0 Å². The molecule has 100 valence electrons. The molecule has 0 saturated carbocycles. The monoisotopic (exact) mass is 261 g/mol. The largest absolute Gasteiger partial charge is 0.362 e. The Hall–Kier alpha value is -2.24. The highest BCUT2D eigenvalue weighted by atomic mass is 19.1. The van der Waals surface area contributed by atoms with Crippen LogP contribution in [0.2, 0.25) is 0 Å². The van der Waals surface area contributed by atoms with Crippen LogP contribution in [0.5, 0.6) is 0 Å². The van der Waals surface area contributed by atoms with E-state index in [-0.39, 0.29) is 5.82 Å². The van der Waals surface area contributed by atoms with Gasteiger partial charge in [-0.05, 0) is 25.5 Å². The zero-order valence-electron chi connectivity index (χ0n) is 10.9. The average Bonchev–Trinajstić information content (AvgIpc) is 2.41. The molecule has 0 spiro atoms. The third-order valence-corrected chi connectivity index (χ3v) is 2.62. The highest BCUT2D eigenvalue weighted by molar-refractivity contribution is 5.41. The van der Waals surface area contributed by atoms with Crippen molar-refractivity contribution in [2.45, 2.75) is 20.4 Å². The second-order valence-electron chi connectivity index (χ2n) is 4.04. The minimum atomic E-state index is -0.477. The Morgan fingerprint density at radius 1 is 1.26 bits per heavy atom. The smallest absolute Gasteiger partial charge is 0.224 e. The highest BCUT2D eigenvalue weighted by Gasteiger charge is 2.07. The molecule has 0 amide bonds. The molecule has 2 aromatic rings. The van der Waals surface area contributed by atoms with Gasteiger partial charge in [-0.25, -0.2) is 9.37 Å². The van der Waals surface area contributed by atoms with E-state index in [0.29, 0.717) is 19.0 Å². The van der Waals surface area contributed by atoms with Gasteiger partial charge in [0.15, 0.2) is 11.6 Å². The number of aryl methyl sites for hydroxylation is 1. The van der Waals surface area contributed by atoms with E-state index in [0.717, 1.165) is 17.5 Å². The number of pyridine rings is 1. The summed E-state index contributed by atoms with van der Waals surface area (Å²) in [6.45, 7) is 5.00. The lowest BCUT2D eigenvalue weighted by Gasteiger charge is -2.09. The molecule has 6 heteroatoms. The summed E-state index contributed by atoms with van der Waals surface area (Å²) in [4.78, 5) is 12.2. The van der Waals surface area contributed by atoms with Crippen LogP contribution in [0.25, 0.3) is 0 Å². The number of nitrogens with one attached hydrogen (secondary N) is 2. The average molecular weight is 261 g/mol. The fraction of sp³-hybridized carbons (Fsp3) is 0.308. The van der Waals surface area contributed by atoms with Crippen LogP contribution in [-0.4, -0.2) is 21.5 Å². The maximum atomic E-state index is 13.6. The predicted octanol–water partition coefficient (Wildman–Crippen LogP) is 2.36. The van der Waals surface area contributed by atoms with Crippen molar-refractivity contribution in [3.8, 4) is 0 Å². The van der Waals surface area contributed by atoms with E-state index in [2.05, 4.69) is 25.6 Å². The lowest BCUT2D eigenvalue weighted by Crippen LogP contribution is -2.09. The molecular weight excluding hydrogens is 245 g/mol. The van der Waals surface area contributed by atoms with Crippen molar-refractivity contribution in [3.63, 3.8) is 0 Å². The molecule has 0 atom stereocenters. The zero-order chi connectivity index (χ0) is 13.7. The number of anilines is 2. The number of rotatable bonds is 5. The quantitative estimate of drug-likeness (QED) is 0.865. The van der Waals surface area contributed by atoms with Gasteiger partial charge in [0, 0.05) is 12.7 Å². The maximum absolute atomic E-state index is 13.6. The van der Waals surface area contributed by atoms with Crippen molar-refractivity contribution in [2.24, 2.45) is 0 Å². The Bertz CT molecular complexity index is 558. The van der Waals surface area contributed by atoms with Crippen LogP contribution in [0.15, 0.2) is 24.5 Å². The van der Waals surface area contributed by atoms with E-state index in [9.17, 15) is 4.39 Å². The Morgan fingerprint density at radius 3 is 2.84 bits per heavy atom. The Balaban J connectivity index is 2.10. The van der Waals surface area contributed by atoms with Crippen LogP contribution < -0.4 is 10.6 Å². The first-order valence-electron chi connectivity index (χ1n) is 6.11. The molecule has 19 heavy (non-hydrogen) atoms. The summed E-state index contributed by atoms with van der Waals surface area (Å²) in [7, 11) is 0. The molecule has 0 aromatic carbocycles. The molecule has 0 aliphatic carbocycles. The lowest BCUT2D eigenvalue weighted by molar-refractivity contribution is 0.617. The Labute approximate surface area is 111 Å². The molecule has 0 aliphatic rings. The first-order valence-corrected chi connectivity index (χ1v) is 6.11. The molecule has 2 rings (SSSR count). The summed E-state index contributed by atoms with van der Waals surface area (Å²) >= 11 is 0. The van der Waals surface area contributed by atoms with Gasteiger partial charge in [-0.2, -0.15) is 4.98 Å². The van der Waals surface area contributed by atoms with Crippen molar-refractivity contribution >= 4 is 11.8 Å². The van der Waals surface area contributed by atoms with E-state index in [1.165, 1.54) is 0 Å². The molecule has 2 N–H and O–H groups in total. The highest BCUT2D eigenvalue weighted by Crippen LogP contribution is 2.13. The van der Waals surface area contributed by atoms with Crippen LogP contribution >= 0.6 is 0 Å². The van der Waals surface area contributed by atoms with Gasteiger partial charge in [0.2, 0.25) is 5.95 Å². The second-order valence-corrected chi connectivity index (χ2v) is 4.04. The van der Waals surface area contributed by atoms with E-state index in [4.69, 9.17) is 0 Å². The van der Waals surface area contributed by atoms with Gasteiger partial charge in [-0.1, -0.05) is 6.07 Å². The summed E-state index contributed by atoms with van der Waals surface area (Å²) in [6.07, 6.45) is 2.86. The zero-order valence-corrected chi connectivity index (χ0v) is 10.9. The minimum Gasteiger partial charge on any atom is -0.362 e. The number of hydrogen-bond donors (Lipinski definition) is 2. The first-order chi connectivity index (χ1) is 9.20. The molecule has 2 aromatic heterocycles. The Kier molecular flexibility index (Phi) is 4.22. The number of aromatic nitrogens is 3. The predicted molar refractivity (Wildman–Crippen MR) is 72.5 cm³/mol. The summed E-state index contributed by atoms with van der Waals surface area (Å²) in [5.41, 5.74) is 1.92. The fourth-order valence-electron chi connectivity index (χ4n) is 1.61. The van der Waals surface area contributed by atoms with Gasteiger partial charge in [0.25, 0.3) is 0 Å². The van der Waals surface area contributed by atoms with Gasteiger partial charge in [0.05, 0.1) is 18.4 Å². The minimum absolute atomic E-state index is 0.177. The van der Waals surface area contributed by atoms with Gasteiger partial charge in [-0.15, -0.1) is 0 Å². The van der Waals surface area contributed by atoms with Crippen molar-refractivity contribution < 1.29 is 4.39 Å². The molecule has 5 nitrogen and oxygen atoms in total. The molecule has 0 unspecified atom stereocenters. The fourth-order valence-corrected chi connectivity index (χ4v) is 1.61. The van der Waals surface area contributed by atoms with Crippen LogP contribution in [0.4, 0.5) is 16.2 Å². The summed E-state index contributed by atoms with van der Waals surface area (Å²) < 4.78 is 13.6. The van der Waals surface area contributed by atoms with Gasteiger partial charge < -0.3 is 10.6 Å². The van der Waals surface area contributed by atoms with E-state index >= 15 is 0 Å². The number of halogens is 1. The van der Waals surface area contributed by atoms with Gasteiger partial charge >= 0.3 is 0 Å². The molecule has 0 fully saturated rings. The van der Waals surface area contributed by atoms with Crippen molar-refractivity contribution in [2.75, 3.05) is 17.2 Å². The van der Waals surface area contributed by atoms with Gasteiger partial charge in [-0.3, -0.25) is 4.98 Å². The van der Waals surface area contributed by atoms with Crippen LogP contribution in [0, 0.1) is 12.7 Å². The van der Waals surface area contributed by atoms with E-state index in [1.807, 2.05) is 26.0 Å². The lowest BCUT2D eigenvalue weighted by atomic mass is 10.2. The molecular formula is C13H16FN5. The first kappa shape index (κ1) is 13.2. The molecule has 0 aliphatic heterocycles. The molecule has 0 saturated heterocycles. The third-order valence-electron chi connectivity index (χ3n) is 2.62. The van der Waals surface area contributed by atoms with Crippen LogP contribution in [0.1, 0.15) is 18.2 Å². The van der Waals surface area contributed by atoms with Crippen LogP contribution in [0.3, 0.4) is 0 Å². The van der Waals surface area contributed by atoms with Crippen molar-refractivity contribution in [3.05, 3.63) is 41.6 Å².